The first-order valence-electron chi connectivity index (χ1n) is 10.1. The molecule has 3 aromatic rings. The number of alkyl halides is 3. The molecule has 1 aliphatic heterocycles. The van der Waals surface area contributed by atoms with Gasteiger partial charge in [-0.25, -0.2) is 9.97 Å². The van der Waals surface area contributed by atoms with Gasteiger partial charge in [0.05, 0.1) is 23.7 Å². The number of thiazole rings is 1. The Hall–Kier alpha value is -1.98. The molecular weight excluding hydrogens is 498 g/mol. The second kappa shape index (κ2) is 9.71. The number of nitrogens with one attached hydrogen (secondary N) is 1. The van der Waals surface area contributed by atoms with Crippen molar-refractivity contribution in [2.24, 2.45) is 0 Å². The number of likely N-dealkylation sites (tertiary alicyclic amines) is 1. The summed E-state index contributed by atoms with van der Waals surface area (Å²) >= 11 is 13.0. The van der Waals surface area contributed by atoms with E-state index in [2.05, 4.69) is 32.1 Å². The summed E-state index contributed by atoms with van der Waals surface area (Å²) in [7, 11) is 0. The van der Waals surface area contributed by atoms with Crippen LogP contribution in [0.2, 0.25) is 10.2 Å². The molecule has 3 heterocycles. The van der Waals surface area contributed by atoms with Gasteiger partial charge < -0.3 is 10.4 Å². The molecular formula is C21H20Cl2F3N5OS. The Kier molecular flexibility index (Phi) is 7.11. The summed E-state index contributed by atoms with van der Waals surface area (Å²) in [5, 5.41) is 13.8. The smallest absolute Gasteiger partial charge is 0.368 e. The fraction of sp³-hybridized carbons (Fsp3) is 0.381. The van der Waals surface area contributed by atoms with E-state index in [0.29, 0.717) is 23.4 Å². The fourth-order valence-corrected chi connectivity index (χ4v) is 5.07. The maximum absolute atomic E-state index is 13.4. The summed E-state index contributed by atoms with van der Waals surface area (Å²) in [5.41, 5.74) is 0.0446. The fourth-order valence-electron chi connectivity index (χ4n) is 3.70. The molecule has 33 heavy (non-hydrogen) atoms. The summed E-state index contributed by atoms with van der Waals surface area (Å²) in [4.78, 5) is 15.5. The number of aromatic nitrogens is 3. The number of hydrogen-bond donors (Lipinski definition) is 2. The van der Waals surface area contributed by atoms with Crippen molar-refractivity contribution in [2.75, 3.05) is 11.9 Å². The molecule has 2 aromatic heterocycles. The van der Waals surface area contributed by atoms with Crippen molar-refractivity contribution in [2.45, 2.75) is 44.8 Å². The lowest BCUT2D eigenvalue weighted by molar-refractivity contribution is -0.137. The van der Waals surface area contributed by atoms with Crippen LogP contribution in [-0.2, 0) is 12.7 Å². The molecule has 4 rings (SSSR count). The number of rotatable bonds is 6. The van der Waals surface area contributed by atoms with Gasteiger partial charge in [0.25, 0.3) is 0 Å². The largest absolute Gasteiger partial charge is 0.416 e. The normalized spacial score (nSPS) is 18.0. The van der Waals surface area contributed by atoms with Gasteiger partial charge in [0, 0.05) is 28.0 Å². The average Bonchev–Trinajstić information content (AvgIpc) is 3.33. The molecule has 0 bridgehead atoms. The minimum absolute atomic E-state index is 0.0284. The van der Waals surface area contributed by atoms with E-state index < -0.39 is 18.0 Å². The number of benzene rings is 1. The molecule has 0 aliphatic carbocycles. The van der Waals surface area contributed by atoms with Gasteiger partial charge in [0.2, 0.25) is 0 Å². The van der Waals surface area contributed by atoms with Gasteiger partial charge in [-0.05, 0) is 44.5 Å². The second-order valence-electron chi connectivity index (χ2n) is 7.79. The van der Waals surface area contributed by atoms with Crippen LogP contribution in [0.3, 0.4) is 0 Å². The van der Waals surface area contributed by atoms with E-state index in [1.807, 2.05) is 0 Å². The Balaban J connectivity index is 1.69. The van der Waals surface area contributed by atoms with Crippen LogP contribution >= 0.6 is 34.5 Å². The van der Waals surface area contributed by atoms with Gasteiger partial charge in [-0.3, -0.25) is 9.88 Å². The Morgan fingerprint density at radius 2 is 2.03 bits per heavy atom. The van der Waals surface area contributed by atoms with E-state index in [-0.39, 0.29) is 21.4 Å². The zero-order valence-corrected chi connectivity index (χ0v) is 19.7. The average molecular weight is 518 g/mol. The lowest BCUT2D eigenvalue weighted by Crippen LogP contribution is -2.25. The van der Waals surface area contributed by atoms with Gasteiger partial charge >= 0.3 is 6.18 Å². The van der Waals surface area contributed by atoms with Crippen LogP contribution in [0.15, 0.2) is 30.6 Å². The Morgan fingerprint density at radius 3 is 2.67 bits per heavy atom. The molecule has 0 saturated carbocycles. The number of aliphatic hydroxyl groups is 1. The van der Waals surface area contributed by atoms with Crippen molar-refractivity contribution in [3.05, 3.63) is 56.9 Å². The molecule has 1 aromatic carbocycles. The zero-order valence-electron chi connectivity index (χ0n) is 17.4. The Morgan fingerprint density at radius 1 is 1.24 bits per heavy atom. The van der Waals surface area contributed by atoms with E-state index in [4.69, 9.17) is 23.2 Å². The third kappa shape index (κ3) is 5.75. The number of aliphatic hydroxyl groups excluding tert-OH is 1. The topological polar surface area (TPSA) is 74.2 Å². The van der Waals surface area contributed by atoms with E-state index in [1.165, 1.54) is 29.8 Å². The lowest BCUT2D eigenvalue weighted by atomic mass is 10.1. The molecule has 1 unspecified atom stereocenters. The lowest BCUT2D eigenvalue weighted by Gasteiger charge is -2.20. The monoisotopic (exact) mass is 517 g/mol. The first-order chi connectivity index (χ1) is 15.6. The number of hydrogen-bond acceptors (Lipinski definition) is 7. The van der Waals surface area contributed by atoms with Crippen molar-refractivity contribution in [3.63, 3.8) is 0 Å². The number of halogens is 5. The summed E-state index contributed by atoms with van der Waals surface area (Å²) < 4.78 is 40.2. The van der Waals surface area contributed by atoms with Crippen molar-refractivity contribution >= 4 is 39.7 Å². The molecule has 2 N–H and O–H groups in total. The summed E-state index contributed by atoms with van der Waals surface area (Å²) in [6, 6.07) is 3.76. The molecule has 0 spiro atoms. The van der Waals surface area contributed by atoms with Crippen molar-refractivity contribution in [1.82, 2.24) is 19.9 Å². The summed E-state index contributed by atoms with van der Waals surface area (Å²) in [5.74, 6) is 0. The maximum Gasteiger partial charge on any atom is 0.416 e. The predicted octanol–water partition coefficient (Wildman–Crippen LogP) is 6.01. The minimum atomic E-state index is -4.54. The van der Waals surface area contributed by atoms with Crippen LogP contribution in [0.4, 0.5) is 18.3 Å². The van der Waals surface area contributed by atoms with Crippen LogP contribution in [0.5, 0.6) is 0 Å². The van der Waals surface area contributed by atoms with Crippen LogP contribution < -0.4 is 5.32 Å². The number of anilines is 1. The van der Waals surface area contributed by atoms with Crippen molar-refractivity contribution in [1.29, 1.82) is 0 Å². The predicted molar refractivity (Wildman–Crippen MR) is 122 cm³/mol. The standard InChI is InChI=1S/C21H20Cl2F3N5OS/c1-11-3-2-4-31(11)10-16-18(12-5-13(21(24,25)26)7-14(22)6-12)29-20(33-16)30-19(32)15-8-28-17(23)9-27-15/h5-9,11,19,32H,2-4,10H2,1H3,(H,29,30)/t11-,19?/m1/s1. The van der Waals surface area contributed by atoms with Crippen LogP contribution in [0.1, 0.15) is 42.1 Å². The number of nitrogens with zero attached hydrogens (tertiary/aromatic N) is 4. The highest BCUT2D eigenvalue weighted by Gasteiger charge is 2.32. The molecule has 0 radical (unpaired) electrons. The summed E-state index contributed by atoms with van der Waals surface area (Å²) in [6.07, 6.45) is -1.01. The van der Waals surface area contributed by atoms with Crippen molar-refractivity contribution < 1.29 is 18.3 Å². The quantitative estimate of drug-likeness (QED) is 0.390. The molecule has 0 amide bonds. The van der Waals surface area contributed by atoms with Gasteiger partial charge in [-0.1, -0.05) is 23.2 Å². The summed E-state index contributed by atoms with van der Waals surface area (Å²) in [6.45, 7) is 3.55. The molecule has 1 aliphatic rings. The van der Waals surface area contributed by atoms with Crippen LogP contribution in [0, 0.1) is 0 Å². The molecule has 176 valence electrons. The van der Waals surface area contributed by atoms with Gasteiger partial charge in [-0.15, -0.1) is 11.3 Å². The Bertz CT molecular complexity index is 1130. The third-order valence-electron chi connectivity index (χ3n) is 5.41. The SMILES string of the molecule is C[C@@H]1CCCN1Cc1sc(NC(O)c2cnc(Cl)cn2)nc1-c1cc(Cl)cc(C(F)(F)F)c1. The molecule has 1 fully saturated rings. The van der Waals surface area contributed by atoms with Gasteiger partial charge in [0.1, 0.15) is 10.8 Å². The highest BCUT2D eigenvalue weighted by atomic mass is 35.5. The minimum Gasteiger partial charge on any atom is -0.368 e. The van der Waals surface area contributed by atoms with E-state index in [1.54, 1.807) is 0 Å². The molecule has 12 heteroatoms. The molecule has 6 nitrogen and oxygen atoms in total. The van der Waals surface area contributed by atoms with E-state index in [9.17, 15) is 18.3 Å². The second-order valence-corrected chi connectivity index (χ2v) is 9.70. The molecule has 2 atom stereocenters. The highest BCUT2D eigenvalue weighted by Crippen LogP contribution is 2.39. The van der Waals surface area contributed by atoms with E-state index in [0.717, 1.165) is 36.4 Å². The first kappa shape index (κ1) is 24.2. The van der Waals surface area contributed by atoms with Crippen LogP contribution in [-0.4, -0.2) is 37.5 Å². The van der Waals surface area contributed by atoms with Crippen LogP contribution in [0.25, 0.3) is 11.3 Å². The maximum atomic E-state index is 13.4. The van der Waals surface area contributed by atoms with Gasteiger partial charge in [-0.2, -0.15) is 13.2 Å². The highest BCUT2D eigenvalue weighted by molar-refractivity contribution is 7.16. The van der Waals surface area contributed by atoms with E-state index >= 15 is 0 Å². The third-order valence-corrected chi connectivity index (χ3v) is 6.80. The Labute approximate surface area is 202 Å². The van der Waals surface area contributed by atoms with Crippen molar-refractivity contribution in [3.8, 4) is 11.3 Å². The molecule has 1 saturated heterocycles. The zero-order chi connectivity index (χ0) is 23.8. The van der Waals surface area contributed by atoms with Gasteiger partial charge in [0.15, 0.2) is 11.4 Å². The first-order valence-corrected chi connectivity index (χ1v) is 11.7.